The van der Waals surface area contributed by atoms with Crippen molar-refractivity contribution in [1.82, 2.24) is 0 Å². The lowest BCUT2D eigenvalue weighted by atomic mass is 9.83. The Balaban J connectivity index is 0.00000136. The fourth-order valence-electron chi connectivity index (χ4n) is 12.8. The summed E-state index contributed by atoms with van der Waals surface area (Å²) in [6.07, 6.45) is 12.7. The van der Waals surface area contributed by atoms with Crippen molar-refractivity contribution in [2.24, 2.45) is 0 Å². The molecule has 2 aliphatic rings. The molecule has 10 aromatic carbocycles. The summed E-state index contributed by atoms with van der Waals surface area (Å²) in [5.41, 5.74) is 15.6. The Hall–Kier alpha value is -7.56. The number of furan rings is 2. The van der Waals surface area contributed by atoms with Gasteiger partial charge in [0.25, 0.3) is 0 Å². The van der Waals surface area contributed by atoms with Gasteiger partial charge in [-0.1, -0.05) is 199 Å². The highest BCUT2D eigenvalue weighted by Crippen LogP contribution is 2.51. The van der Waals surface area contributed by atoms with Crippen molar-refractivity contribution in [3.05, 3.63) is 192 Å². The Morgan fingerprint density at radius 2 is 0.676 bits per heavy atom. The highest BCUT2D eigenvalue weighted by atomic mass is 16.3. The van der Waals surface area contributed by atoms with Gasteiger partial charge in [0.05, 0.1) is 22.7 Å². The van der Waals surface area contributed by atoms with E-state index in [1.54, 1.807) is 0 Å². The molecule has 0 amide bonds. The molecule has 0 atom stereocenters. The van der Waals surface area contributed by atoms with Crippen LogP contribution in [-0.4, -0.2) is 0 Å². The molecule has 4 nitrogen and oxygen atoms in total. The predicted octanol–water partition coefficient (Wildman–Crippen LogP) is 22.1. The van der Waals surface area contributed by atoms with Gasteiger partial charge < -0.3 is 18.6 Å². The second-order valence-corrected chi connectivity index (χ2v) is 20.6. The molecule has 2 saturated carbocycles. The van der Waals surface area contributed by atoms with E-state index in [9.17, 15) is 0 Å². The molecule has 0 saturated heterocycles. The second-order valence-electron chi connectivity index (χ2n) is 20.6. The molecule has 2 heterocycles. The standard InChI is InChI=1S/C66H56N2O2.2C2H6/c1-41-25-33-47(34-26-41)67(59-23-11-21-53-51-19-9-17-49(63(51)69-65(53)59)43-13-5-3-6-14-43)57-39-31-45-30-38-56-58(40-32-46-29-37-55(57)61(45)62(46)56)68(48-35-27-42(2)28-36-48)60-24-12-22-54-52-20-10-18-50(64(52)70-66(54)60)44-15-7-4-8-16-44;2*1-2/h9-12,17-40,43-44H,3-8,13-16H2,1-2H3;2*1-2H3. The molecular weight excluding hydrogens is 901 g/mol. The van der Waals surface area contributed by atoms with Gasteiger partial charge in [0.1, 0.15) is 11.2 Å². The average molecular weight is 969 g/mol. The summed E-state index contributed by atoms with van der Waals surface area (Å²) in [4.78, 5) is 4.89. The summed E-state index contributed by atoms with van der Waals surface area (Å²) >= 11 is 0. The molecule has 0 bridgehead atoms. The van der Waals surface area contributed by atoms with Gasteiger partial charge in [0.15, 0.2) is 11.2 Å². The van der Waals surface area contributed by atoms with Crippen molar-refractivity contribution in [3.63, 3.8) is 0 Å². The summed E-state index contributed by atoms with van der Waals surface area (Å²) in [7, 11) is 0. The lowest BCUT2D eigenvalue weighted by Gasteiger charge is -2.29. The normalized spacial score (nSPS) is 14.5. The highest BCUT2D eigenvalue weighted by Gasteiger charge is 2.28. The second kappa shape index (κ2) is 20.0. The van der Waals surface area contributed by atoms with Crippen LogP contribution in [0.15, 0.2) is 179 Å². The number of anilines is 6. The van der Waals surface area contributed by atoms with Crippen LogP contribution in [0.2, 0.25) is 0 Å². The molecular formula is C70H68N2O2. The van der Waals surface area contributed by atoms with Gasteiger partial charge in [-0.25, -0.2) is 0 Å². The lowest BCUT2D eigenvalue weighted by Crippen LogP contribution is -2.12. The van der Waals surface area contributed by atoms with E-state index in [0.29, 0.717) is 11.8 Å². The molecule has 0 N–H and O–H groups in total. The number of aryl methyl sites for hydroxylation is 2. The SMILES string of the molecule is CC.CC.Cc1ccc(N(c2ccc3ccc4c(N(c5ccc(C)cc5)c5cccc6c5oc5c(C7CCCCC7)cccc56)ccc5ccc2c3c54)c2cccc3c2oc2c(C4CCCCC4)cccc23)cc1. The molecule has 2 aromatic heterocycles. The van der Waals surface area contributed by atoms with Crippen molar-refractivity contribution in [2.45, 2.75) is 118 Å². The van der Waals surface area contributed by atoms with E-state index in [1.807, 2.05) is 27.7 Å². The molecule has 74 heavy (non-hydrogen) atoms. The fraction of sp³-hybridized carbons (Fsp3) is 0.257. The van der Waals surface area contributed by atoms with Crippen LogP contribution in [0.25, 0.3) is 76.2 Å². The Morgan fingerprint density at radius 1 is 0.324 bits per heavy atom. The minimum Gasteiger partial charge on any atom is -0.454 e. The maximum absolute atomic E-state index is 7.21. The van der Waals surface area contributed by atoms with E-state index < -0.39 is 0 Å². The maximum atomic E-state index is 7.21. The monoisotopic (exact) mass is 969 g/mol. The minimum atomic E-state index is 0.532. The predicted molar refractivity (Wildman–Crippen MR) is 318 cm³/mol. The number of fused-ring (bicyclic) bond motifs is 6. The van der Waals surface area contributed by atoms with Crippen LogP contribution in [0, 0.1) is 13.8 Å². The molecule has 0 unspecified atom stereocenters. The van der Waals surface area contributed by atoms with Crippen LogP contribution in [0.3, 0.4) is 0 Å². The van der Waals surface area contributed by atoms with E-state index in [4.69, 9.17) is 8.83 Å². The molecule has 0 aliphatic heterocycles. The first-order valence-corrected chi connectivity index (χ1v) is 27.9. The number of hydrogen-bond acceptors (Lipinski definition) is 4. The average Bonchev–Trinajstić information content (AvgIpc) is 4.08. The van der Waals surface area contributed by atoms with Crippen LogP contribution in [0.4, 0.5) is 34.1 Å². The van der Waals surface area contributed by atoms with E-state index in [0.717, 1.165) is 67.2 Å². The topological polar surface area (TPSA) is 32.8 Å². The van der Waals surface area contributed by atoms with Crippen molar-refractivity contribution in [1.29, 1.82) is 0 Å². The first kappa shape index (κ1) is 47.4. The zero-order chi connectivity index (χ0) is 50.5. The quantitative estimate of drug-likeness (QED) is 0.142. The number of para-hydroxylation sites is 4. The minimum absolute atomic E-state index is 0.532. The van der Waals surface area contributed by atoms with E-state index >= 15 is 0 Å². The van der Waals surface area contributed by atoms with E-state index in [2.05, 4.69) is 194 Å². The van der Waals surface area contributed by atoms with Crippen molar-refractivity contribution in [2.75, 3.05) is 9.80 Å². The third-order valence-electron chi connectivity index (χ3n) is 16.3. The van der Waals surface area contributed by atoms with Crippen LogP contribution in [0.5, 0.6) is 0 Å². The first-order valence-electron chi connectivity index (χ1n) is 27.9. The van der Waals surface area contributed by atoms with E-state index in [1.165, 1.54) is 130 Å². The van der Waals surface area contributed by atoms with Gasteiger partial charge in [-0.05, 0) is 133 Å². The number of benzene rings is 10. The Kier molecular flexibility index (Phi) is 12.9. The van der Waals surface area contributed by atoms with Gasteiger partial charge in [-0.15, -0.1) is 0 Å². The smallest absolute Gasteiger partial charge is 0.159 e. The zero-order valence-corrected chi connectivity index (χ0v) is 44.1. The van der Waals surface area contributed by atoms with E-state index in [-0.39, 0.29) is 0 Å². The van der Waals surface area contributed by atoms with Gasteiger partial charge in [0, 0.05) is 43.7 Å². The third-order valence-corrected chi connectivity index (χ3v) is 16.3. The van der Waals surface area contributed by atoms with Crippen LogP contribution in [0.1, 0.15) is 126 Å². The molecule has 12 aromatic rings. The van der Waals surface area contributed by atoms with Gasteiger partial charge in [0.2, 0.25) is 0 Å². The largest absolute Gasteiger partial charge is 0.454 e. The van der Waals surface area contributed by atoms with Gasteiger partial charge >= 0.3 is 0 Å². The first-order chi connectivity index (χ1) is 36.6. The number of nitrogens with zero attached hydrogens (tertiary/aromatic N) is 2. The summed E-state index contributed by atoms with van der Waals surface area (Å²) < 4.78 is 14.4. The fourth-order valence-corrected chi connectivity index (χ4v) is 12.8. The summed E-state index contributed by atoms with van der Waals surface area (Å²) in [5.74, 6) is 1.06. The summed E-state index contributed by atoms with van der Waals surface area (Å²) in [5, 5.41) is 12.1. The third kappa shape index (κ3) is 7.97. The van der Waals surface area contributed by atoms with Gasteiger partial charge in [-0.3, -0.25) is 0 Å². The lowest BCUT2D eigenvalue weighted by molar-refractivity contribution is 0.442. The van der Waals surface area contributed by atoms with Crippen molar-refractivity contribution < 1.29 is 8.83 Å². The summed E-state index contributed by atoms with van der Waals surface area (Å²) in [6.45, 7) is 12.3. The maximum Gasteiger partial charge on any atom is 0.159 e. The van der Waals surface area contributed by atoms with Crippen LogP contribution < -0.4 is 9.80 Å². The molecule has 4 heteroatoms. The molecule has 14 rings (SSSR count). The number of rotatable bonds is 8. The molecule has 0 spiro atoms. The Labute approximate surface area is 436 Å². The Bertz CT molecular complexity index is 3680. The highest BCUT2D eigenvalue weighted by molar-refractivity contribution is 6.29. The molecule has 2 fully saturated rings. The molecule has 0 radical (unpaired) electrons. The molecule has 370 valence electrons. The van der Waals surface area contributed by atoms with Crippen LogP contribution in [-0.2, 0) is 0 Å². The summed E-state index contributed by atoms with van der Waals surface area (Å²) in [6, 6.07) is 63.6. The zero-order valence-electron chi connectivity index (χ0n) is 44.1. The number of hydrogen-bond donors (Lipinski definition) is 0. The van der Waals surface area contributed by atoms with Gasteiger partial charge in [-0.2, -0.15) is 0 Å². The van der Waals surface area contributed by atoms with Crippen molar-refractivity contribution in [3.8, 4) is 0 Å². The molecule has 2 aliphatic carbocycles. The van der Waals surface area contributed by atoms with Crippen LogP contribution >= 0.6 is 0 Å². The Morgan fingerprint density at radius 3 is 1.07 bits per heavy atom. The van der Waals surface area contributed by atoms with Crippen molar-refractivity contribution >= 4 is 110 Å².